The Labute approximate surface area is 178 Å². The SMILES string of the molecule is CCOc1cc(C2c3c(-c4ccccc4)n[nH]c3C(=O)N2Cc2ccco2)ccc1O. The quantitative estimate of drug-likeness (QED) is 0.483. The molecule has 156 valence electrons. The highest BCUT2D eigenvalue weighted by Gasteiger charge is 2.42. The van der Waals surface area contributed by atoms with Crippen LogP contribution in [-0.4, -0.2) is 32.7 Å². The van der Waals surface area contributed by atoms with E-state index in [2.05, 4.69) is 10.2 Å². The van der Waals surface area contributed by atoms with Gasteiger partial charge in [-0.05, 0) is 36.8 Å². The molecule has 4 aromatic rings. The summed E-state index contributed by atoms with van der Waals surface area (Å²) >= 11 is 0. The van der Waals surface area contributed by atoms with E-state index in [1.807, 2.05) is 49.4 Å². The zero-order valence-corrected chi connectivity index (χ0v) is 16.9. The number of furan rings is 1. The molecule has 31 heavy (non-hydrogen) atoms. The summed E-state index contributed by atoms with van der Waals surface area (Å²) in [6, 6.07) is 18.2. The number of phenolic OH excluding ortho intramolecular Hbond substituents is 1. The van der Waals surface area contributed by atoms with Gasteiger partial charge >= 0.3 is 0 Å². The Morgan fingerprint density at radius 1 is 1.16 bits per heavy atom. The van der Waals surface area contributed by atoms with Gasteiger partial charge in [0.2, 0.25) is 0 Å². The normalized spacial score (nSPS) is 15.3. The minimum atomic E-state index is -0.415. The lowest BCUT2D eigenvalue weighted by Crippen LogP contribution is -2.29. The molecule has 2 aromatic carbocycles. The number of nitrogens with one attached hydrogen (secondary N) is 1. The van der Waals surface area contributed by atoms with Gasteiger partial charge < -0.3 is 19.2 Å². The second-order valence-electron chi connectivity index (χ2n) is 7.30. The molecule has 0 aliphatic carbocycles. The van der Waals surface area contributed by atoms with Gasteiger partial charge in [0.1, 0.15) is 11.5 Å². The Bertz CT molecular complexity index is 1220. The van der Waals surface area contributed by atoms with Crippen LogP contribution in [0.5, 0.6) is 11.5 Å². The molecular weight excluding hydrogens is 394 g/mol. The van der Waals surface area contributed by atoms with Gasteiger partial charge in [0.05, 0.1) is 31.2 Å². The number of carbonyl (C=O) groups excluding carboxylic acids is 1. The monoisotopic (exact) mass is 415 g/mol. The number of aromatic nitrogens is 2. The molecule has 2 N–H and O–H groups in total. The lowest BCUT2D eigenvalue weighted by molar-refractivity contribution is 0.0716. The molecule has 5 rings (SSSR count). The van der Waals surface area contributed by atoms with Gasteiger partial charge in [0.25, 0.3) is 5.91 Å². The molecule has 2 aromatic heterocycles. The summed E-state index contributed by atoms with van der Waals surface area (Å²) in [5, 5.41) is 17.6. The number of nitrogens with zero attached hydrogens (tertiary/aromatic N) is 2. The Morgan fingerprint density at radius 3 is 2.74 bits per heavy atom. The number of fused-ring (bicyclic) bond motifs is 1. The van der Waals surface area contributed by atoms with Crippen LogP contribution in [0.4, 0.5) is 0 Å². The van der Waals surface area contributed by atoms with Crippen molar-refractivity contribution in [2.24, 2.45) is 0 Å². The first-order chi connectivity index (χ1) is 15.2. The number of rotatable bonds is 6. The van der Waals surface area contributed by atoms with Gasteiger partial charge in [-0.1, -0.05) is 36.4 Å². The smallest absolute Gasteiger partial charge is 0.273 e. The standard InChI is InChI=1S/C24H21N3O4/c1-2-30-19-13-16(10-11-18(19)28)23-20-21(15-7-4-3-5-8-15)25-26-22(20)24(29)27(23)14-17-9-6-12-31-17/h3-13,23,28H,2,14H2,1H3,(H,25,26). The van der Waals surface area contributed by atoms with E-state index in [9.17, 15) is 9.90 Å². The maximum Gasteiger partial charge on any atom is 0.273 e. The summed E-state index contributed by atoms with van der Waals surface area (Å²) in [6.07, 6.45) is 1.59. The summed E-state index contributed by atoms with van der Waals surface area (Å²) in [6.45, 7) is 2.58. The lowest BCUT2D eigenvalue weighted by Gasteiger charge is -2.26. The average Bonchev–Trinajstić information content (AvgIpc) is 3.51. The van der Waals surface area contributed by atoms with E-state index >= 15 is 0 Å². The van der Waals surface area contributed by atoms with E-state index in [-0.39, 0.29) is 11.7 Å². The molecule has 0 radical (unpaired) electrons. The van der Waals surface area contributed by atoms with Crippen molar-refractivity contribution in [3.05, 3.63) is 89.5 Å². The predicted molar refractivity (Wildman–Crippen MR) is 114 cm³/mol. The van der Waals surface area contributed by atoms with Gasteiger partial charge in [-0.3, -0.25) is 9.89 Å². The molecule has 0 saturated heterocycles. The molecule has 7 nitrogen and oxygen atoms in total. The van der Waals surface area contributed by atoms with Gasteiger partial charge in [0.15, 0.2) is 11.5 Å². The summed E-state index contributed by atoms with van der Waals surface area (Å²) in [5.74, 6) is 0.963. The first kappa shape index (κ1) is 19.0. The van der Waals surface area contributed by atoms with Crippen LogP contribution in [0.2, 0.25) is 0 Å². The number of hydrogen-bond acceptors (Lipinski definition) is 5. The number of amides is 1. The highest BCUT2D eigenvalue weighted by Crippen LogP contribution is 2.45. The third kappa shape index (κ3) is 3.24. The molecular formula is C24H21N3O4. The van der Waals surface area contributed by atoms with Crippen molar-refractivity contribution in [2.45, 2.75) is 19.5 Å². The Morgan fingerprint density at radius 2 is 2.00 bits per heavy atom. The fourth-order valence-electron chi connectivity index (χ4n) is 4.06. The molecule has 0 fully saturated rings. The molecule has 0 bridgehead atoms. The number of H-pyrrole nitrogens is 1. The molecule has 1 aliphatic heterocycles. The predicted octanol–water partition coefficient (Wildman–Crippen LogP) is 4.52. The van der Waals surface area contributed by atoms with Crippen molar-refractivity contribution in [2.75, 3.05) is 6.61 Å². The third-order valence-electron chi connectivity index (χ3n) is 5.42. The number of phenols is 1. The average molecular weight is 415 g/mol. The van der Waals surface area contributed by atoms with E-state index < -0.39 is 6.04 Å². The second kappa shape index (κ2) is 7.68. The third-order valence-corrected chi connectivity index (χ3v) is 5.42. The summed E-state index contributed by atoms with van der Waals surface area (Å²) in [5.41, 5.74) is 3.72. The van der Waals surface area contributed by atoms with Crippen molar-refractivity contribution < 1.29 is 19.1 Å². The highest BCUT2D eigenvalue weighted by atomic mass is 16.5. The fourth-order valence-corrected chi connectivity index (χ4v) is 4.06. The van der Waals surface area contributed by atoms with Gasteiger partial charge in [-0.15, -0.1) is 0 Å². The molecule has 1 unspecified atom stereocenters. The number of benzene rings is 2. The molecule has 3 heterocycles. The minimum absolute atomic E-state index is 0.0585. The van der Waals surface area contributed by atoms with Crippen molar-refractivity contribution in [1.82, 2.24) is 15.1 Å². The van der Waals surface area contributed by atoms with Crippen LogP contribution < -0.4 is 4.74 Å². The highest BCUT2D eigenvalue weighted by molar-refractivity contribution is 6.00. The van der Waals surface area contributed by atoms with E-state index in [4.69, 9.17) is 9.15 Å². The molecule has 0 spiro atoms. The Balaban J connectivity index is 1.66. The van der Waals surface area contributed by atoms with Crippen LogP contribution in [0.3, 0.4) is 0 Å². The molecule has 7 heteroatoms. The Hall–Kier alpha value is -4.00. The van der Waals surface area contributed by atoms with Crippen LogP contribution in [0.25, 0.3) is 11.3 Å². The number of hydrogen-bond donors (Lipinski definition) is 2. The number of aromatic amines is 1. The van der Waals surface area contributed by atoms with Gasteiger partial charge in [-0.25, -0.2) is 0 Å². The summed E-state index contributed by atoms with van der Waals surface area (Å²) in [4.78, 5) is 15.1. The molecule has 1 amide bonds. The Kier molecular flexibility index (Phi) is 4.71. The van der Waals surface area contributed by atoms with Crippen LogP contribution >= 0.6 is 0 Å². The van der Waals surface area contributed by atoms with Crippen molar-refractivity contribution in [3.63, 3.8) is 0 Å². The molecule has 0 saturated carbocycles. The summed E-state index contributed by atoms with van der Waals surface area (Å²) < 4.78 is 11.1. The van der Waals surface area contributed by atoms with Gasteiger partial charge in [-0.2, -0.15) is 5.10 Å². The van der Waals surface area contributed by atoms with Gasteiger partial charge in [0, 0.05) is 11.1 Å². The van der Waals surface area contributed by atoms with Crippen molar-refractivity contribution in [1.29, 1.82) is 0 Å². The van der Waals surface area contributed by atoms with Crippen LogP contribution in [0, 0.1) is 0 Å². The molecule has 1 atom stereocenters. The molecule has 1 aliphatic rings. The van der Waals surface area contributed by atoms with Crippen molar-refractivity contribution >= 4 is 5.91 Å². The van der Waals surface area contributed by atoms with Crippen LogP contribution in [0.15, 0.2) is 71.3 Å². The second-order valence-corrected chi connectivity index (χ2v) is 7.30. The van der Waals surface area contributed by atoms with E-state index in [1.54, 1.807) is 29.4 Å². The lowest BCUT2D eigenvalue weighted by atomic mass is 9.95. The summed E-state index contributed by atoms with van der Waals surface area (Å²) in [7, 11) is 0. The number of carbonyl (C=O) groups is 1. The van der Waals surface area contributed by atoms with E-state index in [0.717, 1.165) is 22.4 Å². The topological polar surface area (TPSA) is 91.6 Å². The maximum atomic E-state index is 13.4. The minimum Gasteiger partial charge on any atom is -0.504 e. The number of aromatic hydroxyl groups is 1. The van der Waals surface area contributed by atoms with E-state index in [1.165, 1.54) is 0 Å². The van der Waals surface area contributed by atoms with Crippen LogP contribution in [-0.2, 0) is 6.54 Å². The maximum absolute atomic E-state index is 13.4. The van der Waals surface area contributed by atoms with Crippen LogP contribution in [0.1, 0.15) is 40.3 Å². The largest absolute Gasteiger partial charge is 0.504 e. The zero-order chi connectivity index (χ0) is 21.4. The van der Waals surface area contributed by atoms with Crippen molar-refractivity contribution in [3.8, 4) is 22.8 Å². The first-order valence-corrected chi connectivity index (χ1v) is 10.1. The first-order valence-electron chi connectivity index (χ1n) is 10.1. The fraction of sp³-hybridized carbons (Fsp3) is 0.167. The number of ether oxygens (including phenoxy) is 1. The van der Waals surface area contributed by atoms with E-state index in [0.29, 0.717) is 30.4 Å². The zero-order valence-electron chi connectivity index (χ0n) is 16.9.